The first-order valence-corrected chi connectivity index (χ1v) is 9.70. The number of hydrogen-bond donors (Lipinski definition) is 0. The second-order valence-corrected chi connectivity index (χ2v) is 7.88. The Labute approximate surface area is 145 Å². The van der Waals surface area contributed by atoms with E-state index in [0.29, 0.717) is 5.92 Å². The number of rotatable bonds is 4. The molecule has 0 radical (unpaired) electrons. The fraction of sp³-hybridized carbons (Fsp3) is 0.842. The van der Waals surface area contributed by atoms with Gasteiger partial charge in [-0.1, -0.05) is 0 Å². The smallest absolute Gasteiger partial charge is 0.0896 e. The van der Waals surface area contributed by atoms with Crippen LogP contribution in [-0.4, -0.2) is 54.1 Å². The summed E-state index contributed by atoms with van der Waals surface area (Å²) in [7, 11) is 1.98. The number of likely N-dealkylation sites (tertiary alicyclic amines) is 1. The van der Waals surface area contributed by atoms with Crippen LogP contribution in [-0.2, 0) is 16.5 Å². The molecule has 0 aliphatic carbocycles. The molecule has 0 N–H and O–H groups in total. The van der Waals surface area contributed by atoms with Gasteiger partial charge in [0.25, 0.3) is 0 Å². The van der Waals surface area contributed by atoms with E-state index in [9.17, 15) is 0 Å². The van der Waals surface area contributed by atoms with Crippen LogP contribution < -0.4 is 0 Å². The van der Waals surface area contributed by atoms with Crippen molar-refractivity contribution in [1.82, 2.24) is 14.7 Å². The van der Waals surface area contributed by atoms with Crippen LogP contribution in [0.1, 0.15) is 43.8 Å². The fourth-order valence-electron chi connectivity index (χ4n) is 4.90. The molecular weight excluding hydrogens is 302 g/mol. The molecule has 0 unspecified atom stereocenters. The van der Waals surface area contributed by atoms with E-state index in [4.69, 9.17) is 9.47 Å². The first-order valence-electron chi connectivity index (χ1n) is 9.70. The highest BCUT2D eigenvalue weighted by Gasteiger charge is 2.34. The summed E-state index contributed by atoms with van der Waals surface area (Å²) < 4.78 is 13.4. The highest BCUT2D eigenvalue weighted by atomic mass is 16.5. The molecule has 0 spiro atoms. The molecule has 0 aromatic carbocycles. The van der Waals surface area contributed by atoms with E-state index in [0.717, 1.165) is 31.7 Å². The highest BCUT2D eigenvalue weighted by molar-refractivity contribution is 5.11. The van der Waals surface area contributed by atoms with Gasteiger partial charge in [-0.05, 0) is 57.0 Å². The van der Waals surface area contributed by atoms with Crippen molar-refractivity contribution in [1.29, 1.82) is 0 Å². The third kappa shape index (κ3) is 3.68. The van der Waals surface area contributed by atoms with Gasteiger partial charge in [0.05, 0.1) is 12.3 Å². The molecule has 4 heterocycles. The van der Waals surface area contributed by atoms with Gasteiger partial charge in [0, 0.05) is 51.1 Å². The van der Waals surface area contributed by atoms with Crippen molar-refractivity contribution in [2.24, 2.45) is 24.8 Å². The summed E-state index contributed by atoms with van der Waals surface area (Å²) in [4.78, 5) is 2.68. The van der Waals surface area contributed by atoms with Crippen LogP contribution in [0.2, 0.25) is 0 Å². The van der Waals surface area contributed by atoms with Crippen molar-refractivity contribution >= 4 is 0 Å². The van der Waals surface area contributed by atoms with Crippen LogP contribution in [0.15, 0.2) is 12.4 Å². The molecule has 2 atom stereocenters. The van der Waals surface area contributed by atoms with Crippen molar-refractivity contribution in [2.45, 2.75) is 38.2 Å². The van der Waals surface area contributed by atoms with E-state index < -0.39 is 0 Å². The largest absolute Gasteiger partial charge is 0.381 e. The molecule has 3 aliphatic rings. The van der Waals surface area contributed by atoms with Gasteiger partial charge in [0.1, 0.15) is 0 Å². The third-order valence-corrected chi connectivity index (χ3v) is 6.33. The van der Waals surface area contributed by atoms with Crippen molar-refractivity contribution in [3.8, 4) is 0 Å². The molecule has 1 aromatic rings. The van der Waals surface area contributed by atoms with Gasteiger partial charge in [-0.2, -0.15) is 5.10 Å². The minimum atomic E-state index is 0.243. The molecular formula is C19H31N3O2. The summed E-state index contributed by atoms with van der Waals surface area (Å²) in [5.41, 5.74) is 1.25. The molecule has 4 rings (SSSR count). The Hall–Kier alpha value is -0.910. The van der Waals surface area contributed by atoms with Crippen molar-refractivity contribution in [3.63, 3.8) is 0 Å². The Morgan fingerprint density at radius 2 is 1.79 bits per heavy atom. The summed E-state index contributed by atoms with van der Waals surface area (Å²) in [5.74, 6) is 2.46. The molecule has 24 heavy (non-hydrogen) atoms. The maximum absolute atomic E-state index is 6.03. The quantitative estimate of drug-likeness (QED) is 0.849. The maximum Gasteiger partial charge on any atom is 0.0896 e. The monoisotopic (exact) mass is 333 g/mol. The predicted molar refractivity (Wildman–Crippen MR) is 92.7 cm³/mol. The summed E-state index contributed by atoms with van der Waals surface area (Å²) >= 11 is 0. The Morgan fingerprint density at radius 3 is 2.50 bits per heavy atom. The van der Waals surface area contributed by atoms with Crippen LogP contribution in [0.3, 0.4) is 0 Å². The van der Waals surface area contributed by atoms with Gasteiger partial charge in [-0.15, -0.1) is 0 Å². The zero-order valence-corrected chi connectivity index (χ0v) is 14.9. The standard InChI is InChI=1S/C19H31N3O2/c1-21-13-18(12-20-21)19-17(6-11-24-19)14-22-7-2-15(3-8-22)16-4-9-23-10-5-16/h12-13,15-17,19H,2-11,14H2,1H3/t17-,19+/m0/s1. The molecule has 5 heteroatoms. The van der Waals surface area contributed by atoms with Crippen molar-refractivity contribution in [3.05, 3.63) is 18.0 Å². The normalized spacial score (nSPS) is 30.9. The van der Waals surface area contributed by atoms with Gasteiger partial charge >= 0.3 is 0 Å². The third-order valence-electron chi connectivity index (χ3n) is 6.33. The number of aryl methyl sites for hydroxylation is 1. The van der Waals surface area contributed by atoms with Crippen LogP contribution in [0.5, 0.6) is 0 Å². The van der Waals surface area contributed by atoms with Gasteiger partial charge < -0.3 is 14.4 Å². The molecule has 5 nitrogen and oxygen atoms in total. The van der Waals surface area contributed by atoms with Gasteiger partial charge in [-0.25, -0.2) is 0 Å². The fourth-order valence-corrected chi connectivity index (χ4v) is 4.90. The summed E-state index contributed by atoms with van der Waals surface area (Å²) in [6.45, 7) is 6.56. The van der Waals surface area contributed by atoms with Crippen LogP contribution >= 0.6 is 0 Å². The van der Waals surface area contributed by atoms with E-state index in [-0.39, 0.29) is 6.10 Å². The molecule has 3 aliphatic heterocycles. The molecule has 3 fully saturated rings. The summed E-state index contributed by atoms with van der Waals surface area (Å²) in [6.07, 6.45) is 10.8. The Kier molecular flexibility index (Phi) is 5.20. The number of aromatic nitrogens is 2. The second-order valence-electron chi connectivity index (χ2n) is 7.88. The molecule has 134 valence electrons. The number of hydrogen-bond acceptors (Lipinski definition) is 4. The van der Waals surface area contributed by atoms with Crippen molar-refractivity contribution < 1.29 is 9.47 Å². The SMILES string of the molecule is Cn1cc([C@@H]2OCC[C@H]2CN2CCC(C3CCOCC3)CC2)cn1. The summed E-state index contributed by atoms with van der Waals surface area (Å²) in [6, 6.07) is 0. The minimum absolute atomic E-state index is 0.243. The Bertz CT molecular complexity index is 518. The minimum Gasteiger partial charge on any atom is -0.381 e. The van der Waals surface area contributed by atoms with E-state index in [1.54, 1.807) is 0 Å². The van der Waals surface area contributed by atoms with Gasteiger partial charge in [0.15, 0.2) is 0 Å². The first-order chi connectivity index (χ1) is 11.8. The average Bonchev–Trinajstić information content (AvgIpc) is 3.25. The predicted octanol–water partition coefficient (Wildman–Crippen LogP) is 2.64. The Morgan fingerprint density at radius 1 is 1.04 bits per heavy atom. The lowest BCUT2D eigenvalue weighted by Gasteiger charge is -2.38. The first kappa shape index (κ1) is 16.6. The molecule has 3 saturated heterocycles. The lowest BCUT2D eigenvalue weighted by molar-refractivity contribution is 0.0252. The van der Waals surface area contributed by atoms with Crippen molar-refractivity contribution in [2.75, 3.05) is 39.5 Å². The number of piperidine rings is 1. The molecule has 1 aromatic heterocycles. The number of ether oxygens (including phenoxy) is 2. The van der Waals surface area contributed by atoms with E-state index in [2.05, 4.69) is 16.2 Å². The van der Waals surface area contributed by atoms with Crippen LogP contribution in [0.4, 0.5) is 0 Å². The lowest BCUT2D eigenvalue weighted by atomic mass is 9.80. The Balaban J connectivity index is 1.28. The second kappa shape index (κ2) is 7.54. The maximum atomic E-state index is 6.03. The van der Waals surface area contributed by atoms with E-state index in [1.165, 1.54) is 57.3 Å². The van der Waals surface area contributed by atoms with Gasteiger partial charge in [-0.3, -0.25) is 4.68 Å². The van der Waals surface area contributed by atoms with Crippen LogP contribution in [0, 0.1) is 17.8 Å². The topological polar surface area (TPSA) is 39.5 Å². The van der Waals surface area contributed by atoms with E-state index >= 15 is 0 Å². The zero-order chi connectivity index (χ0) is 16.4. The average molecular weight is 333 g/mol. The summed E-state index contributed by atoms with van der Waals surface area (Å²) in [5, 5.41) is 4.32. The molecule has 0 bridgehead atoms. The number of nitrogens with zero attached hydrogens (tertiary/aromatic N) is 3. The lowest BCUT2D eigenvalue weighted by Crippen LogP contribution is -2.40. The van der Waals surface area contributed by atoms with Gasteiger partial charge in [0.2, 0.25) is 0 Å². The molecule has 0 saturated carbocycles. The van der Waals surface area contributed by atoms with Crippen LogP contribution in [0.25, 0.3) is 0 Å². The zero-order valence-electron chi connectivity index (χ0n) is 14.9. The van der Waals surface area contributed by atoms with E-state index in [1.807, 2.05) is 17.9 Å². The molecule has 0 amide bonds. The highest BCUT2D eigenvalue weighted by Crippen LogP contribution is 2.37.